The van der Waals surface area contributed by atoms with Crippen molar-refractivity contribution < 1.29 is 14.7 Å². The molecule has 6 heteroatoms. The lowest BCUT2D eigenvalue weighted by Gasteiger charge is -2.08. The molecule has 0 heterocycles. The monoisotopic (exact) mass is 332 g/mol. The van der Waals surface area contributed by atoms with Gasteiger partial charge in [-0.25, -0.2) is 4.79 Å². The van der Waals surface area contributed by atoms with E-state index in [2.05, 4.69) is 41.0 Å². The van der Waals surface area contributed by atoms with E-state index in [9.17, 15) is 9.59 Å². The number of thioether (sulfide) groups is 1. The zero-order chi connectivity index (χ0) is 16.5. The van der Waals surface area contributed by atoms with E-state index in [1.165, 1.54) is 16.3 Å². The van der Waals surface area contributed by atoms with Crippen LogP contribution in [0.25, 0.3) is 10.8 Å². The topological polar surface area (TPSA) is 78.4 Å². The van der Waals surface area contributed by atoms with Crippen LogP contribution in [-0.2, 0) is 10.5 Å². The fraction of sp³-hybridized carbons (Fsp3) is 0.294. The van der Waals surface area contributed by atoms with Crippen LogP contribution in [0.5, 0.6) is 0 Å². The molecule has 0 bridgehead atoms. The van der Waals surface area contributed by atoms with Crippen LogP contribution in [0.4, 0.5) is 4.79 Å². The Hall–Kier alpha value is -2.21. The Labute approximate surface area is 139 Å². The predicted molar refractivity (Wildman–Crippen MR) is 93.8 cm³/mol. The van der Waals surface area contributed by atoms with E-state index in [4.69, 9.17) is 5.11 Å². The van der Waals surface area contributed by atoms with E-state index in [0.29, 0.717) is 6.54 Å². The van der Waals surface area contributed by atoms with Crippen molar-refractivity contribution in [2.24, 2.45) is 0 Å². The quantitative estimate of drug-likeness (QED) is 0.650. The first-order valence-corrected chi connectivity index (χ1v) is 8.60. The van der Waals surface area contributed by atoms with Gasteiger partial charge < -0.3 is 15.7 Å². The van der Waals surface area contributed by atoms with Gasteiger partial charge in [0.15, 0.2) is 0 Å². The fourth-order valence-electron chi connectivity index (χ4n) is 2.18. The summed E-state index contributed by atoms with van der Waals surface area (Å²) in [6.45, 7) is 0.693. The van der Waals surface area contributed by atoms with E-state index in [-0.39, 0.29) is 19.0 Å². The molecule has 122 valence electrons. The average molecular weight is 332 g/mol. The SMILES string of the molecule is O=C(O)CCNC(=O)NCCSCc1cccc2ccccc12. The average Bonchev–Trinajstić information content (AvgIpc) is 2.54. The van der Waals surface area contributed by atoms with Gasteiger partial charge in [0.1, 0.15) is 0 Å². The Bertz CT molecular complexity index is 670. The van der Waals surface area contributed by atoms with Gasteiger partial charge in [0.05, 0.1) is 6.42 Å². The molecule has 0 saturated carbocycles. The number of amides is 2. The molecule has 2 amide bonds. The first-order valence-electron chi connectivity index (χ1n) is 7.44. The molecule has 2 aromatic carbocycles. The summed E-state index contributed by atoms with van der Waals surface area (Å²) in [5, 5.41) is 16.2. The second kappa shape index (κ2) is 9.05. The minimum Gasteiger partial charge on any atom is -0.481 e. The first-order chi connectivity index (χ1) is 11.2. The summed E-state index contributed by atoms with van der Waals surface area (Å²) in [6, 6.07) is 14.3. The van der Waals surface area contributed by atoms with Crippen LogP contribution in [0.1, 0.15) is 12.0 Å². The number of carbonyl (C=O) groups is 2. The number of carbonyl (C=O) groups excluding carboxylic acids is 1. The van der Waals surface area contributed by atoms with Gasteiger partial charge in [-0.3, -0.25) is 4.79 Å². The highest BCUT2D eigenvalue weighted by Crippen LogP contribution is 2.22. The molecule has 2 rings (SSSR count). The van der Waals surface area contributed by atoms with Gasteiger partial charge >= 0.3 is 12.0 Å². The molecule has 0 aliphatic carbocycles. The van der Waals surface area contributed by atoms with Crippen LogP contribution in [0.3, 0.4) is 0 Å². The van der Waals surface area contributed by atoms with Crippen molar-refractivity contribution in [1.82, 2.24) is 10.6 Å². The van der Waals surface area contributed by atoms with Crippen LogP contribution in [0.2, 0.25) is 0 Å². The third kappa shape index (κ3) is 5.83. The minimum absolute atomic E-state index is 0.0662. The van der Waals surface area contributed by atoms with Gasteiger partial charge in [-0.1, -0.05) is 42.5 Å². The molecule has 0 radical (unpaired) electrons. The van der Waals surface area contributed by atoms with E-state index < -0.39 is 5.97 Å². The molecule has 3 N–H and O–H groups in total. The van der Waals surface area contributed by atoms with Crippen LogP contribution in [0, 0.1) is 0 Å². The molecular weight excluding hydrogens is 312 g/mol. The minimum atomic E-state index is -0.920. The molecule has 0 aromatic heterocycles. The molecular formula is C17H20N2O3S. The number of fused-ring (bicyclic) bond motifs is 1. The van der Waals surface area contributed by atoms with Crippen molar-refractivity contribution in [2.75, 3.05) is 18.8 Å². The second-order valence-corrected chi connectivity index (χ2v) is 6.12. The highest BCUT2D eigenvalue weighted by atomic mass is 32.2. The van der Waals surface area contributed by atoms with Crippen molar-refractivity contribution >= 4 is 34.5 Å². The Morgan fingerprint density at radius 3 is 2.57 bits per heavy atom. The summed E-state index contributed by atoms with van der Waals surface area (Å²) in [5.41, 5.74) is 1.29. The molecule has 5 nitrogen and oxygen atoms in total. The number of hydrogen-bond donors (Lipinski definition) is 3. The summed E-state index contributed by atoms with van der Waals surface area (Å²) in [4.78, 5) is 21.7. The van der Waals surface area contributed by atoms with Crippen molar-refractivity contribution in [2.45, 2.75) is 12.2 Å². The summed E-state index contributed by atoms with van der Waals surface area (Å²) >= 11 is 1.76. The maximum absolute atomic E-state index is 11.4. The maximum atomic E-state index is 11.4. The lowest BCUT2D eigenvalue weighted by Crippen LogP contribution is -2.37. The van der Waals surface area contributed by atoms with Crippen LogP contribution >= 0.6 is 11.8 Å². The zero-order valence-corrected chi connectivity index (χ0v) is 13.6. The van der Waals surface area contributed by atoms with Crippen molar-refractivity contribution in [3.05, 3.63) is 48.0 Å². The molecule has 2 aromatic rings. The van der Waals surface area contributed by atoms with Gasteiger partial charge in [-0.05, 0) is 16.3 Å². The standard InChI is InChI=1S/C17H20N2O3S/c20-16(21)8-9-18-17(22)19-10-11-23-12-14-6-3-5-13-4-1-2-7-15(13)14/h1-7H,8-12H2,(H,20,21)(H2,18,19,22). The first kappa shape index (κ1) is 17.1. The van der Waals surface area contributed by atoms with Crippen molar-refractivity contribution in [1.29, 1.82) is 0 Å². The molecule has 0 fully saturated rings. The zero-order valence-electron chi connectivity index (χ0n) is 12.7. The molecule has 0 unspecified atom stereocenters. The van der Waals surface area contributed by atoms with Gasteiger partial charge in [-0.15, -0.1) is 0 Å². The van der Waals surface area contributed by atoms with E-state index in [1.54, 1.807) is 11.8 Å². The number of aliphatic carboxylic acids is 1. The summed E-state index contributed by atoms with van der Waals surface area (Å²) in [7, 11) is 0. The van der Waals surface area contributed by atoms with Gasteiger partial charge in [0, 0.05) is 24.6 Å². The number of carboxylic acids is 1. The Kier molecular flexibility index (Phi) is 6.75. The number of hydrogen-bond acceptors (Lipinski definition) is 3. The molecule has 0 aliphatic heterocycles. The van der Waals surface area contributed by atoms with Crippen LogP contribution in [0.15, 0.2) is 42.5 Å². The lowest BCUT2D eigenvalue weighted by atomic mass is 10.1. The van der Waals surface area contributed by atoms with Crippen LogP contribution < -0.4 is 10.6 Å². The highest BCUT2D eigenvalue weighted by molar-refractivity contribution is 7.98. The number of carboxylic acid groups (broad SMARTS) is 1. The van der Waals surface area contributed by atoms with Crippen molar-refractivity contribution in [3.63, 3.8) is 0 Å². The predicted octanol–water partition coefficient (Wildman–Crippen LogP) is 2.85. The largest absolute Gasteiger partial charge is 0.481 e. The Balaban J connectivity index is 1.67. The van der Waals surface area contributed by atoms with E-state index >= 15 is 0 Å². The fourth-order valence-corrected chi connectivity index (χ4v) is 3.05. The maximum Gasteiger partial charge on any atom is 0.314 e. The summed E-state index contributed by atoms with van der Waals surface area (Å²) in [6.07, 6.45) is -0.0662. The van der Waals surface area contributed by atoms with Gasteiger partial charge in [0.25, 0.3) is 0 Å². The summed E-state index contributed by atoms with van der Waals surface area (Å²) < 4.78 is 0. The van der Waals surface area contributed by atoms with Crippen LogP contribution in [-0.4, -0.2) is 35.9 Å². The third-order valence-corrected chi connectivity index (χ3v) is 4.30. The number of benzene rings is 2. The third-order valence-electron chi connectivity index (χ3n) is 3.29. The molecule has 0 aliphatic rings. The Morgan fingerprint density at radius 2 is 1.74 bits per heavy atom. The van der Waals surface area contributed by atoms with E-state index in [1.807, 2.05) is 12.1 Å². The molecule has 23 heavy (non-hydrogen) atoms. The second-order valence-electron chi connectivity index (χ2n) is 5.02. The molecule has 0 spiro atoms. The molecule has 0 atom stereocenters. The number of rotatable bonds is 8. The Morgan fingerprint density at radius 1 is 1.00 bits per heavy atom. The lowest BCUT2D eigenvalue weighted by molar-refractivity contribution is -0.136. The normalized spacial score (nSPS) is 10.4. The number of urea groups is 1. The highest BCUT2D eigenvalue weighted by Gasteiger charge is 2.03. The van der Waals surface area contributed by atoms with Gasteiger partial charge in [-0.2, -0.15) is 11.8 Å². The summed E-state index contributed by atoms with van der Waals surface area (Å²) in [5.74, 6) is 0.773. The van der Waals surface area contributed by atoms with Gasteiger partial charge in [0.2, 0.25) is 0 Å². The smallest absolute Gasteiger partial charge is 0.314 e. The number of nitrogens with one attached hydrogen (secondary N) is 2. The molecule has 0 saturated heterocycles. The van der Waals surface area contributed by atoms with E-state index in [0.717, 1.165) is 11.5 Å². The van der Waals surface area contributed by atoms with Crippen molar-refractivity contribution in [3.8, 4) is 0 Å².